The molecule has 1 N–H and O–H groups in total. The average Bonchev–Trinajstić information content (AvgIpc) is 3.03. The number of carbonyl (C=O) groups excluding carboxylic acids is 1. The molecule has 7 heteroatoms. The summed E-state index contributed by atoms with van der Waals surface area (Å²) in [6.45, 7) is 0.566. The fraction of sp³-hybridized carbons (Fsp3) is 0.357. The Morgan fingerprint density at radius 3 is 3.05 bits per heavy atom. The molecule has 2 aromatic rings. The van der Waals surface area contributed by atoms with Crippen molar-refractivity contribution in [1.29, 1.82) is 0 Å². The maximum atomic E-state index is 14.1. The van der Waals surface area contributed by atoms with E-state index in [2.05, 4.69) is 15.2 Å². The number of nitrogens with zero attached hydrogens (tertiary/aromatic N) is 3. The summed E-state index contributed by atoms with van der Waals surface area (Å²) in [6, 6.07) is 4.26. The van der Waals surface area contributed by atoms with Gasteiger partial charge in [-0.3, -0.25) is 9.89 Å². The SMILES string of the molecule is O=C(c1cccc(Cl)c1F)N1CCCC[C@H]1c1ncn[nH]1. The molecule has 1 atom stereocenters. The summed E-state index contributed by atoms with van der Waals surface area (Å²) in [6.07, 6.45) is 4.07. The first-order valence-corrected chi connectivity index (χ1v) is 7.16. The zero-order chi connectivity index (χ0) is 14.8. The van der Waals surface area contributed by atoms with Gasteiger partial charge in [0.2, 0.25) is 0 Å². The first kappa shape index (κ1) is 14.0. The number of H-pyrrole nitrogens is 1. The van der Waals surface area contributed by atoms with Gasteiger partial charge in [-0.25, -0.2) is 9.37 Å². The minimum atomic E-state index is -0.675. The van der Waals surface area contributed by atoms with E-state index in [-0.39, 0.29) is 22.5 Å². The largest absolute Gasteiger partial charge is 0.328 e. The molecule has 0 aliphatic carbocycles. The number of benzene rings is 1. The number of hydrogen-bond donors (Lipinski definition) is 1. The number of nitrogens with one attached hydrogen (secondary N) is 1. The minimum Gasteiger partial charge on any atom is -0.328 e. The van der Waals surface area contributed by atoms with Crippen LogP contribution in [0.3, 0.4) is 0 Å². The van der Waals surface area contributed by atoms with Crippen LogP contribution in [-0.2, 0) is 0 Å². The normalized spacial score (nSPS) is 18.8. The first-order chi connectivity index (χ1) is 10.2. The van der Waals surface area contributed by atoms with E-state index in [0.29, 0.717) is 12.4 Å². The van der Waals surface area contributed by atoms with Crippen molar-refractivity contribution in [3.05, 3.63) is 46.8 Å². The number of piperidine rings is 1. The third kappa shape index (κ3) is 2.63. The van der Waals surface area contributed by atoms with Gasteiger partial charge in [-0.15, -0.1) is 0 Å². The molecule has 0 saturated carbocycles. The van der Waals surface area contributed by atoms with E-state index in [0.717, 1.165) is 19.3 Å². The maximum absolute atomic E-state index is 14.1. The maximum Gasteiger partial charge on any atom is 0.257 e. The highest BCUT2D eigenvalue weighted by molar-refractivity contribution is 6.31. The Bertz CT molecular complexity index is 646. The highest BCUT2D eigenvalue weighted by atomic mass is 35.5. The zero-order valence-electron chi connectivity index (χ0n) is 11.2. The summed E-state index contributed by atoms with van der Waals surface area (Å²) in [4.78, 5) is 18.4. The molecule has 1 aliphatic rings. The molecule has 0 radical (unpaired) electrons. The minimum absolute atomic E-state index is 0.00563. The number of amides is 1. The van der Waals surface area contributed by atoms with Crippen molar-refractivity contribution >= 4 is 17.5 Å². The molecule has 1 fully saturated rings. The topological polar surface area (TPSA) is 61.9 Å². The van der Waals surface area contributed by atoms with E-state index in [4.69, 9.17) is 11.6 Å². The number of halogens is 2. The average molecular weight is 309 g/mol. The van der Waals surface area contributed by atoms with Crippen molar-refractivity contribution in [2.75, 3.05) is 6.54 Å². The zero-order valence-corrected chi connectivity index (χ0v) is 12.0. The van der Waals surface area contributed by atoms with Gasteiger partial charge in [-0.2, -0.15) is 5.10 Å². The van der Waals surface area contributed by atoms with Gasteiger partial charge < -0.3 is 4.90 Å². The number of likely N-dealkylation sites (tertiary alicyclic amines) is 1. The van der Waals surface area contributed by atoms with Gasteiger partial charge in [0.15, 0.2) is 5.82 Å². The molecule has 1 amide bonds. The Morgan fingerprint density at radius 2 is 2.29 bits per heavy atom. The van der Waals surface area contributed by atoms with E-state index < -0.39 is 5.82 Å². The predicted octanol–water partition coefficient (Wildman–Crippen LogP) is 2.96. The van der Waals surface area contributed by atoms with Gasteiger partial charge in [0, 0.05) is 6.54 Å². The molecule has 110 valence electrons. The van der Waals surface area contributed by atoms with Crippen LogP contribution in [-0.4, -0.2) is 32.5 Å². The second-order valence-electron chi connectivity index (χ2n) is 4.98. The number of hydrogen-bond acceptors (Lipinski definition) is 3. The quantitative estimate of drug-likeness (QED) is 0.927. The second kappa shape index (κ2) is 5.81. The van der Waals surface area contributed by atoms with Crippen LogP contribution >= 0.6 is 11.6 Å². The van der Waals surface area contributed by atoms with Gasteiger partial charge in [0.25, 0.3) is 5.91 Å². The molecule has 0 spiro atoms. The Labute approximate surface area is 126 Å². The van der Waals surface area contributed by atoms with Crippen molar-refractivity contribution in [2.45, 2.75) is 25.3 Å². The summed E-state index contributed by atoms with van der Waals surface area (Å²) >= 11 is 5.76. The highest BCUT2D eigenvalue weighted by Gasteiger charge is 2.31. The number of aromatic nitrogens is 3. The van der Waals surface area contributed by atoms with Crippen LogP contribution in [0.5, 0.6) is 0 Å². The van der Waals surface area contributed by atoms with Gasteiger partial charge in [0.1, 0.15) is 12.2 Å². The van der Waals surface area contributed by atoms with Crippen LogP contribution in [0.1, 0.15) is 41.5 Å². The molecular formula is C14H14ClFN4O. The summed E-state index contributed by atoms with van der Waals surface area (Å²) in [5.41, 5.74) is -0.00563. The van der Waals surface area contributed by atoms with Crippen LogP contribution in [0.15, 0.2) is 24.5 Å². The van der Waals surface area contributed by atoms with Gasteiger partial charge in [-0.05, 0) is 31.4 Å². The predicted molar refractivity (Wildman–Crippen MR) is 75.4 cm³/mol. The molecule has 3 rings (SSSR count). The van der Waals surface area contributed by atoms with E-state index in [1.54, 1.807) is 11.0 Å². The Hall–Kier alpha value is -1.95. The third-order valence-electron chi connectivity index (χ3n) is 3.69. The van der Waals surface area contributed by atoms with Crippen LogP contribution in [0.4, 0.5) is 4.39 Å². The molecule has 2 heterocycles. The van der Waals surface area contributed by atoms with Crippen molar-refractivity contribution in [1.82, 2.24) is 20.1 Å². The standard InChI is InChI=1S/C14H14ClFN4O/c15-10-5-3-4-9(12(10)16)14(21)20-7-2-1-6-11(20)13-17-8-18-19-13/h3-5,8,11H,1-2,6-7H2,(H,17,18,19)/t11-/m0/s1. The Kier molecular flexibility index (Phi) is 3.88. The molecule has 1 aliphatic heterocycles. The summed E-state index contributed by atoms with van der Waals surface area (Å²) in [7, 11) is 0. The molecule has 1 saturated heterocycles. The fourth-order valence-electron chi connectivity index (χ4n) is 2.66. The van der Waals surface area contributed by atoms with Crippen molar-refractivity contribution in [3.8, 4) is 0 Å². The van der Waals surface area contributed by atoms with Gasteiger partial charge >= 0.3 is 0 Å². The first-order valence-electron chi connectivity index (χ1n) is 6.78. The van der Waals surface area contributed by atoms with Crippen molar-refractivity contribution < 1.29 is 9.18 Å². The third-order valence-corrected chi connectivity index (χ3v) is 3.99. The molecule has 0 bridgehead atoms. The highest BCUT2D eigenvalue weighted by Crippen LogP contribution is 2.31. The smallest absolute Gasteiger partial charge is 0.257 e. The lowest BCUT2D eigenvalue weighted by molar-refractivity contribution is 0.0595. The Morgan fingerprint density at radius 1 is 1.43 bits per heavy atom. The summed E-state index contributed by atoms with van der Waals surface area (Å²) in [5, 5.41) is 6.57. The summed E-state index contributed by atoms with van der Waals surface area (Å²) < 4.78 is 14.1. The fourth-order valence-corrected chi connectivity index (χ4v) is 2.83. The van der Waals surface area contributed by atoms with E-state index >= 15 is 0 Å². The number of carbonyl (C=O) groups is 1. The molecule has 1 aromatic heterocycles. The van der Waals surface area contributed by atoms with E-state index in [1.807, 2.05) is 0 Å². The van der Waals surface area contributed by atoms with E-state index in [9.17, 15) is 9.18 Å². The van der Waals surface area contributed by atoms with Gasteiger partial charge in [-0.1, -0.05) is 17.7 Å². The number of aromatic amines is 1. The van der Waals surface area contributed by atoms with Gasteiger partial charge in [0.05, 0.1) is 16.6 Å². The molecule has 0 unspecified atom stereocenters. The second-order valence-corrected chi connectivity index (χ2v) is 5.39. The van der Waals surface area contributed by atoms with Crippen LogP contribution < -0.4 is 0 Å². The molecule has 1 aromatic carbocycles. The number of rotatable bonds is 2. The van der Waals surface area contributed by atoms with E-state index in [1.165, 1.54) is 18.5 Å². The Balaban J connectivity index is 1.93. The lowest BCUT2D eigenvalue weighted by Gasteiger charge is -2.34. The molecular weight excluding hydrogens is 295 g/mol. The van der Waals surface area contributed by atoms with Crippen LogP contribution in [0, 0.1) is 5.82 Å². The lowest BCUT2D eigenvalue weighted by Crippen LogP contribution is -2.39. The summed E-state index contributed by atoms with van der Waals surface area (Å²) in [5.74, 6) is -0.410. The lowest BCUT2D eigenvalue weighted by atomic mass is 10.00. The molecule has 5 nitrogen and oxygen atoms in total. The van der Waals surface area contributed by atoms with Crippen LogP contribution in [0.25, 0.3) is 0 Å². The van der Waals surface area contributed by atoms with Crippen molar-refractivity contribution in [3.63, 3.8) is 0 Å². The monoisotopic (exact) mass is 308 g/mol. The molecule has 21 heavy (non-hydrogen) atoms. The van der Waals surface area contributed by atoms with Crippen LogP contribution in [0.2, 0.25) is 5.02 Å². The van der Waals surface area contributed by atoms with Crippen molar-refractivity contribution in [2.24, 2.45) is 0 Å².